The molecule has 1 aliphatic rings. The lowest BCUT2D eigenvalue weighted by molar-refractivity contribution is 0.102. The largest absolute Gasteiger partial charge is 0.378 e. The molecule has 0 saturated carbocycles. The summed E-state index contributed by atoms with van der Waals surface area (Å²) in [6.07, 6.45) is 6.11. The quantitative estimate of drug-likeness (QED) is 0.858. The van der Waals surface area contributed by atoms with Crippen molar-refractivity contribution in [2.24, 2.45) is 14.1 Å². The van der Waals surface area contributed by atoms with E-state index >= 15 is 0 Å². The van der Waals surface area contributed by atoms with Crippen LogP contribution in [-0.4, -0.2) is 21.8 Å². The molecule has 1 fully saturated rings. The highest BCUT2D eigenvalue weighted by atomic mass is 16.5. The van der Waals surface area contributed by atoms with Gasteiger partial charge in [-0.05, 0) is 43.7 Å². The Kier molecular flexibility index (Phi) is 3.66. The molecule has 4 nitrogen and oxygen atoms in total. The Labute approximate surface area is 119 Å². The number of aryl methyl sites for hydroxylation is 3. The number of nitrogens with zero attached hydrogens (tertiary/aromatic N) is 2. The first kappa shape index (κ1) is 13.4. The van der Waals surface area contributed by atoms with E-state index in [2.05, 4.69) is 6.07 Å². The van der Waals surface area contributed by atoms with Crippen LogP contribution in [0.25, 0.3) is 11.0 Å². The molecule has 4 heteroatoms. The minimum Gasteiger partial charge on any atom is -0.378 e. The van der Waals surface area contributed by atoms with Crippen molar-refractivity contribution in [2.45, 2.75) is 38.2 Å². The fourth-order valence-corrected chi connectivity index (χ4v) is 3.25. The predicted molar refractivity (Wildman–Crippen MR) is 80.1 cm³/mol. The second kappa shape index (κ2) is 5.44. The number of benzene rings is 1. The Bertz CT molecular complexity index is 663. The highest BCUT2D eigenvalue weighted by Gasteiger charge is 2.16. The van der Waals surface area contributed by atoms with Crippen molar-refractivity contribution < 1.29 is 4.74 Å². The molecular weight excluding hydrogens is 252 g/mol. The van der Waals surface area contributed by atoms with E-state index in [1.54, 1.807) is 9.13 Å². The van der Waals surface area contributed by atoms with Gasteiger partial charge >= 0.3 is 5.69 Å². The van der Waals surface area contributed by atoms with Gasteiger partial charge in [0.25, 0.3) is 0 Å². The first-order chi connectivity index (χ1) is 9.68. The van der Waals surface area contributed by atoms with Crippen molar-refractivity contribution >= 4 is 11.0 Å². The minimum absolute atomic E-state index is 0.0478. The molecule has 1 aromatic heterocycles. The predicted octanol–water partition coefficient (Wildman–Crippen LogP) is 2.38. The van der Waals surface area contributed by atoms with Gasteiger partial charge in [-0.25, -0.2) is 4.79 Å². The van der Waals surface area contributed by atoms with Crippen LogP contribution in [0.1, 0.15) is 31.2 Å². The Balaban J connectivity index is 1.80. The van der Waals surface area contributed by atoms with Crippen molar-refractivity contribution in [1.82, 2.24) is 9.13 Å². The summed E-state index contributed by atoms with van der Waals surface area (Å²) in [6.45, 7) is 0.924. The summed E-state index contributed by atoms with van der Waals surface area (Å²) in [5, 5.41) is 0. The normalized spacial score (nSPS) is 19.0. The van der Waals surface area contributed by atoms with Gasteiger partial charge in [0.2, 0.25) is 0 Å². The van der Waals surface area contributed by atoms with E-state index < -0.39 is 0 Å². The number of ether oxygens (including phenoxy) is 1. The molecule has 0 spiro atoms. The van der Waals surface area contributed by atoms with Gasteiger partial charge in [-0.3, -0.25) is 9.13 Å². The van der Waals surface area contributed by atoms with E-state index in [1.807, 2.05) is 26.2 Å². The van der Waals surface area contributed by atoms with Crippen molar-refractivity contribution in [3.05, 3.63) is 34.2 Å². The number of hydrogen-bond acceptors (Lipinski definition) is 2. The lowest BCUT2D eigenvalue weighted by Crippen LogP contribution is -2.19. The van der Waals surface area contributed by atoms with E-state index in [-0.39, 0.29) is 5.69 Å². The summed E-state index contributed by atoms with van der Waals surface area (Å²) < 4.78 is 9.15. The SMILES string of the molecule is Cn1c(=O)n(C)c2c(CCCC3CCCO3)cccc21. The second-order valence-electron chi connectivity index (χ2n) is 5.71. The zero-order chi connectivity index (χ0) is 14.1. The molecule has 1 atom stereocenters. The van der Waals surface area contributed by atoms with Crippen LogP contribution >= 0.6 is 0 Å². The Morgan fingerprint density at radius 1 is 1.30 bits per heavy atom. The summed E-state index contributed by atoms with van der Waals surface area (Å²) in [7, 11) is 3.69. The molecular formula is C16H22N2O2. The van der Waals surface area contributed by atoms with E-state index in [0.29, 0.717) is 6.10 Å². The maximum absolute atomic E-state index is 12.0. The number of fused-ring (bicyclic) bond motifs is 1. The molecule has 0 bridgehead atoms. The molecule has 1 unspecified atom stereocenters. The molecule has 1 saturated heterocycles. The summed E-state index contributed by atoms with van der Waals surface area (Å²) in [5.74, 6) is 0. The summed E-state index contributed by atoms with van der Waals surface area (Å²) in [5.41, 5.74) is 3.41. The maximum atomic E-state index is 12.0. The average Bonchev–Trinajstić information content (AvgIpc) is 3.04. The van der Waals surface area contributed by atoms with Gasteiger partial charge in [-0.15, -0.1) is 0 Å². The van der Waals surface area contributed by atoms with Gasteiger partial charge in [-0.2, -0.15) is 0 Å². The third kappa shape index (κ3) is 2.29. The van der Waals surface area contributed by atoms with E-state index in [0.717, 1.165) is 36.9 Å². The zero-order valence-electron chi connectivity index (χ0n) is 12.3. The van der Waals surface area contributed by atoms with Crippen molar-refractivity contribution in [2.75, 3.05) is 6.61 Å². The third-order valence-corrected chi connectivity index (χ3v) is 4.37. The number of para-hydroxylation sites is 1. The van der Waals surface area contributed by atoms with E-state index in [9.17, 15) is 4.79 Å². The molecule has 2 heterocycles. The molecule has 0 N–H and O–H groups in total. The van der Waals surface area contributed by atoms with Gasteiger partial charge in [0.15, 0.2) is 0 Å². The van der Waals surface area contributed by atoms with Crippen LogP contribution in [0, 0.1) is 0 Å². The number of hydrogen-bond donors (Lipinski definition) is 0. The van der Waals surface area contributed by atoms with Gasteiger partial charge in [0.1, 0.15) is 0 Å². The summed E-state index contributed by atoms with van der Waals surface area (Å²) in [6, 6.07) is 6.20. The molecule has 1 aromatic carbocycles. The lowest BCUT2D eigenvalue weighted by Gasteiger charge is -2.09. The van der Waals surface area contributed by atoms with Crippen molar-refractivity contribution in [3.63, 3.8) is 0 Å². The van der Waals surface area contributed by atoms with Gasteiger partial charge in [0.05, 0.1) is 17.1 Å². The van der Waals surface area contributed by atoms with Gasteiger partial charge in [-0.1, -0.05) is 12.1 Å². The second-order valence-corrected chi connectivity index (χ2v) is 5.71. The van der Waals surface area contributed by atoms with Gasteiger partial charge in [0, 0.05) is 20.7 Å². The maximum Gasteiger partial charge on any atom is 0.328 e. The first-order valence-electron chi connectivity index (χ1n) is 7.43. The molecule has 108 valence electrons. The molecule has 20 heavy (non-hydrogen) atoms. The van der Waals surface area contributed by atoms with E-state index in [4.69, 9.17) is 4.74 Å². The number of rotatable bonds is 4. The van der Waals surface area contributed by atoms with Crippen LogP contribution in [0.4, 0.5) is 0 Å². The Hall–Kier alpha value is -1.55. The highest BCUT2D eigenvalue weighted by Crippen LogP contribution is 2.21. The van der Waals surface area contributed by atoms with Crippen LogP contribution in [-0.2, 0) is 25.3 Å². The standard InChI is InChI=1S/C16H22N2O2/c1-17-14-10-4-7-12(15(14)18(2)16(17)19)6-3-8-13-9-5-11-20-13/h4,7,10,13H,3,5-6,8-9,11H2,1-2H3. The number of imidazole rings is 1. The monoisotopic (exact) mass is 274 g/mol. The molecule has 0 radical (unpaired) electrons. The minimum atomic E-state index is 0.0478. The Morgan fingerprint density at radius 3 is 2.90 bits per heavy atom. The fourth-order valence-electron chi connectivity index (χ4n) is 3.25. The van der Waals surface area contributed by atoms with Crippen LogP contribution in [0.2, 0.25) is 0 Å². The summed E-state index contributed by atoms with van der Waals surface area (Å²) >= 11 is 0. The summed E-state index contributed by atoms with van der Waals surface area (Å²) in [4.78, 5) is 12.0. The van der Waals surface area contributed by atoms with Crippen LogP contribution < -0.4 is 5.69 Å². The highest BCUT2D eigenvalue weighted by molar-refractivity contribution is 5.79. The van der Waals surface area contributed by atoms with Gasteiger partial charge < -0.3 is 4.74 Å². The molecule has 2 aromatic rings. The third-order valence-electron chi connectivity index (χ3n) is 4.37. The van der Waals surface area contributed by atoms with Crippen molar-refractivity contribution in [1.29, 1.82) is 0 Å². The fraction of sp³-hybridized carbons (Fsp3) is 0.562. The van der Waals surface area contributed by atoms with Crippen LogP contribution in [0.15, 0.2) is 23.0 Å². The molecule has 0 amide bonds. The first-order valence-corrected chi connectivity index (χ1v) is 7.43. The molecule has 1 aliphatic heterocycles. The Morgan fingerprint density at radius 2 is 2.15 bits per heavy atom. The zero-order valence-corrected chi connectivity index (χ0v) is 12.3. The number of aromatic nitrogens is 2. The molecule has 3 rings (SSSR count). The van der Waals surface area contributed by atoms with Crippen LogP contribution in [0.3, 0.4) is 0 Å². The van der Waals surface area contributed by atoms with Crippen molar-refractivity contribution in [3.8, 4) is 0 Å². The van der Waals surface area contributed by atoms with E-state index in [1.165, 1.54) is 18.4 Å². The smallest absolute Gasteiger partial charge is 0.328 e. The molecule has 0 aliphatic carbocycles. The van der Waals surface area contributed by atoms with Crippen LogP contribution in [0.5, 0.6) is 0 Å². The topological polar surface area (TPSA) is 36.2 Å². The lowest BCUT2D eigenvalue weighted by atomic mass is 10.0. The average molecular weight is 274 g/mol.